The SMILES string of the molecule is CCOc1ccccc1CNC(=O)N[C@@H](C)Cc1c(C)noc1C. The Bertz CT molecular complexity index is 662. The second-order valence-corrected chi connectivity index (χ2v) is 5.78. The number of nitrogens with one attached hydrogen (secondary N) is 2. The van der Waals surface area contributed by atoms with Crippen molar-refractivity contribution in [2.45, 2.75) is 46.7 Å². The molecule has 0 bridgehead atoms. The molecule has 0 spiro atoms. The molecule has 1 aromatic heterocycles. The molecule has 2 N–H and O–H groups in total. The third-order valence-corrected chi connectivity index (χ3v) is 3.78. The van der Waals surface area contributed by atoms with E-state index in [1.807, 2.05) is 52.0 Å². The van der Waals surface area contributed by atoms with Crippen molar-refractivity contribution >= 4 is 6.03 Å². The highest BCUT2D eigenvalue weighted by molar-refractivity contribution is 5.74. The van der Waals surface area contributed by atoms with Crippen LogP contribution in [0.4, 0.5) is 4.79 Å². The lowest BCUT2D eigenvalue weighted by Gasteiger charge is -2.15. The molecule has 0 radical (unpaired) electrons. The average molecular weight is 331 g/mol. The average Bonchev–Trinajstić information content (AvgIpc) is 2.86. The fourth-order valence-electron chi connectivity index (χ4n) is 2.55. The van der Waals surface area contributed by atoms with E-state index in [0.717, 1.165) is 28.3 Å². The topological polar surface area (TPSA) is 76.4 Å². The summed E-state index contributed by atoms with van der Waals surface area (Å²) >= 11 is 0. The first-order valence-corrected chi connectivity index (χ1v) is 8.18. The second-order valence-electron chi connectivity index (χ2n) is 5.78. The smallest absolute Gasteiger partial charge is 0.315 e. The Balaban J connectivity index is 1.85. The summed E-state index contributed by atoms with van der Waals surface area (Å²) in [6, 6.07) is 7.46. The summed E-state index contributed by atoms with van der Waals surface area (Å²) < 4.78 is 10.7. The Hall–Kier alpha value is -2.50. The first-order chi connectivity index (χ1) is 11.5. The van der Waals surface area contributed by atoms with Crippen molar-refractivity contribution in [3.63, 3.8) is 0 Å². The van der Waals surface area contributed by atoms with Gasteiger partial charge in [-0.3, -0.25) is 0 Å². The van der Waals surface area contributed by atoms with Crippen molar-refractivity contribution < 1.29 is 14.1 Å². The van der Waals surface area contributed by atoms with Gasteiger partial charge in [0.25, 0.3) is 0 Å². The molecule has 1 aromatic carbocycles. The van der Waals surface area contributed by atoms with Crippen molar-refractivity contribution in [3.05, 3.63) is 46.8 Å². The molecule has 24 heavy (non-hydrogen) atoms. The highest BCUT2D eigenvalue weighted by Gasteiger charge is 2.14. The van der Waals surface area contributed by atoms with Crippen LogP contribution in [-0.2, 0) is 13.0 Å². The van der Waals surface area contributed by atoms with Crippen LogP contribution in [0, 0.1) is 13.8 Å². The first-order valence-electron chi connectivity index (χ1n) is 8.18. The first kappa shape index (κ1) is 17.8. The van der Waals surface area contributed by atoms with Crippen LogP contribution in [0.1, 0.15) is 36.4 Å². The maximum atomic E-state index is 12.1. The number of hydrogen-bond donors (Lipinski definition) is 2. The van der Waals surface area contributed by atoms with Gasteiger partial charge in [0.05, 0.1) is 12.3 Å². The molecule has 6 nitrogen and oxygen atoms in total. The highest BCUT2D eigenvalue weighted by atomic mass is 16.5. The van der Waals surface area contributed by atoms with Gasteiger partial charge in [0.2, 0.25) is 0 Å². The standard InChI is InChI=1S/C18H25N3O3/c1-5-23-17-9-7-6-8-15(17)11-19-18(22)20-12(2)10-16-13(3)21-24-14(16)4/h6-9,12H,5,10-11H2,1-4H3,(H2,19,20,22)/t12-/m0/s1. The van der Waals surface area contributed by atoms with Crippen LogP contribution in [0.3, 0.4) is 0 Å². The largest absolute Gasteiger partial charge is 0.494 e. The monoisotopic (exact) mass is 331 g/mol. The van der Waals surface area contributed by atoms with Crippen molar-refractivity contribution in [1.82, 2.24) is 15.8 Å². The van der Waals surface area contributed by atoms with E-state index in [4.69, 9.17) is 9.26 Å². The van der Waals surface area contributed by atoms with Crippen LogP contribution < -0.4 is 15.4 Å². The summed E-state index contributed by atoms with van der Waals surface area (Å²) in [5.74, 6) is 1.59. The Morgan fingerprint density at radius 1 is 1.33 bits per heavy atom. The Morgan fingerprint density at radius 2 is 2.08 bits per heavy atom. The summed E-state index contributed by atoms with van der Waals surface area (Å²) in [5, 5.41) is 9.74. The number of benzene rings is 1. The van der Waals surface area contributed by atoms with Gasteiger partial charge in [-0.2, -0.15) is 0 Å². The molecule has 6 heteroatoms. The number of hydrogen-bond acceptors (Lipinski definition) is 4. The quantitative estimate of drug-likeness (QED) is 0.817. The zero-order chi connectivity index (χ0) is 17.5. The predicted octanol–water partition coefficient (Wildman–Crippen LogP) is 3.12. The van der Waals surface area contributed by atoms with Gasteiger partial charge in [0.1, 0.15) is 11.5 Å². The number of urea groups is 1. The Morgan fingerprint density at radius 3 is 2.75 bits per heavy atom. The lowest BCUT2D eigenvalue weighted by molar-refractivity contribution is 0.237. The fraction of sp³-hybridized carbons (Fsp3) is 0.444. The number of rotatable bonds is 7. The van der Waals surface area contributed by atoms with Crippen molar-refractivity contribution in [1.29, 1.82) is 0 Å². The molecule has 0 saturated heterocycles. The second kappa shape index (κ2) is 8.38. The summed E-state index contributed by atoms with van der Waals surface area (Å²) in [6.07, 6.45) is 0.685. The van der Waals surface area contributed by atoms with Crippen LogP contribution in [0.15, 0.2) is 28.8 Å². The molecule has 0 aliphatic carbocycles. The maximum absolute atomic E-state index is 12.1. The molecule has 2 rings (SSSR count). The van der Waals surface area contributed by atoms with E-state index in [9.17, 15) is 4.79 Å². The molecule has 0 aliphatic heterocycles. The lowest BCUT2D eigenvalue weighted by Crippen LogP contribution is -2.41. The van der Waals surface area contributed by atoms with E-state index in [1.54, 1.807) is 0 Å². The van der Waals surface area contributed by atoms with Crippen molar-refractivity contribution in [2.24, 2.45) is 0 Å². The minimum Gasteiger partial charge on any atom is -0.494 e. The van der Waals surface area contributed by atoms with Gasteiger partial charge in [-0.05, 0) is 40.2 Å². The minimum atomic E-state index is -0.208. The predicted molar refractivity (Wildman–Crippen MR) is 92.1 cm³/mol. The third kappa shape index (κ3) is 4.75. The molecule has 1 atom stereocenters. The molecule has 0 aliphatic rings. The van der Waals surface area contributed by atoms with Gasteiger partial charge in [-0.15, -0.1) is 0 Å². The number of para-hydroxylation sites is 1. The van der Waals surface area contributed by atoms with Gasteiger partial charge in [-0.25, -0.2) is 4.79 Å². The zero-order valence-corrected chi connectivity index (χ0v) is 14.7. The van der Waals surface area contributed by atoms with Crippen LogP contribution in [0.2, 0.25) is 0 Å². The lowest BCUT2D eigenvalue weighted by atomic mass is 10.1. The molecular formula is C18H25N3O3. The van der Waals surface area contributed by atoms with Crippen LogP contribution in [0.25, 0.3) is 0 Å². The number of amides is 2. The summed E-state index contributed by atoms with van der Waals surface area (Å²) in [5.41, 5.74) is 2.87. The summed E-state index contributed by atoms with van der Waals surface area (Å²) in [6.45, 7) is 8.70. The van der Waals surface area contributed by atoms with E-state index in [0.29, 0.717) is 19.6 Å². The molecule has 0 unspecified atom stereocenters. The van der Waals surface area contributed by atoms with E-state index in [1.165, 1.54) is 0 Å². The number of nitrogens with zero attached hydrogens (tertiary/aromatic N) is 1. The van der Waals surface area contributed by atoms with Gasteiger partial charge < -0.3 is 19.9 Å². The van der Waals surface area contributed by atoms with Crippen molar-refractivity contribution in [3.8, 4) is 5.75 Å². The van der Waals surface area contributed by atoms with Crippen LogP contribution >= 0.6 is 0 Å². The molecular weight excluding hydrogens is 306 g/mol. The molecule has 130 valence electrons. The summed E-state index contributed by atoms with van der Waals surface area (Å²) in [4.78, 5) is 12.1. The number of carbonyl (C=O) groups is 1. The molecule has 0 saturated carbocycles. The van der Waals surface area contributed by atoms with Crippen molar-refractivity contribution in [2.75, 3.05) is 6.61 Å². The van der Waals surface area contributed by atoms with Gasteiger partial charge in [-0.1, -0.05) is 23.4 Å². The number of aromatic nitrogens is 1. The highest BCUT2D eigenvalue weighted by Crippen LogP contribution is 2.17. The normalized spacial score (nSPS) is 11.8. The van der Waals surface area contributed by atoms with E-state index >= 15 is 0 Å². The fourth-order valence-corrected chi connectivity index (χ4v) is 2.55. The number of aryl methyl sites for hydroxylation is 2. The third-order valence-electron chi connectivity index (χ3n) is 3.78. The zero-order valence-electron chi connectivity index (χ0n) is 14.7. The van der Waals surface area contributed by atoms with Crippen LogP contribution in [0.5, 0.6) is 5.75 Å². The number of ether oxygens (including phenoxy) is 1. The molecule has 2 amide bonds. The Kier molecular flexibility index (Phi) is 6.23. The minimum absolute atomic E-state index is 0.0241. The van der Waals surface area contributed by atoms with Gasteiger partial charge in [0.15, 0.2) is 0 Å². The summed E-state index contributed by atoms with van der Waals surface area (Å²) in [7, 11) is 0. The molecule has 0 fully saturated rings. The van der Waals surface area contributed by atoms with Gasteiger partial charge in [0, 0.05) is 23.7 Å². The molecule has 1 heterocycles. The Labute approximate surface area is 142 Å². The number of carbonyl (C=O) groups excluding carboxylic acids is 1. The maximum Gasteiger partial charge on any atom is 0.315 e. The van der Waals surface area contributed by atoms with Gasteiger partial charge >= 0.3 is 6.03 Å². The molecule has 2 aromatic rings. The van der Waals surface area contributed by atoms with E-state index in [-0.39, 0.29) is 12.1 Å². The van der Waals surface area contributed by atoms with E-state index in [2.05, 4.69) is 15.8 Å². The van der Waals surface area contributed by atoms with Crippen LogP contribution in [-0.4, -0.2) is 23.8 Å². The van der Waals surface area contributed by atoms with E-state index < -0.39 is 0 Å².